The van der Waals surface area contributed by atoms with Gasteiger partial charge in [0.1, 0.15) is 0 Å². The van der Waals surface area contributed by atoms with Gasteiger partial charge in [0.05, 0.1) is 16.7 Å². The standard InChI is InChI=1S/3C7H6O5.La/c3*8-4-1-3(7(11)12)2-5(9)6(4)10;/h3*1-2,8-10H,(H,11,12);. The van der Waals surface area contributed by atoms with Gasteiger partial charge >= 0.3 is 17.9 Å². The number of hydrogen-bond acceptors (Lipinski definition) is 12. The normalized spacial score (nSPS) is 9.41. The number of benzene rings is 3. The number of hydrogen-bond donors (Lipinski definition) is 12. The van der Waals surface area contributed by atoms with E-state index in [1.165, 1.54) is 0 Å². The monoisotopic (exact) mass is 649 g/mol. The summed E-state index contributed by atoms with van der Waals surface area (Å²) in [5, 5.41) is 105. The predicted molar refractivity (Wildman–Crippen MR) is 115 cm³/mol. The van der Waals surface area contributed by atoms with Crippen molar-refractivity contribution in [2.24, 2.45) is 0 Å². The third kappa shape index (κ3) is 8.88. The second kappa shape index (κ2) is 13.5. The molecular weight excluding hydrogens is 631 g/mol. The summed E-state index contributed by atoms with van der Waals surface area (Å²) in [6.07, 6.45) is 0. The number of rotatable bonds is 3. The third-order valence-electron chi connectivity index (χ3n) is 3.95. The van der Waals surface area contributed by atoms with Crippen molar-refractivity contribution in [3.63, 3.8) is 0 Å². The minimum Gasteiger partial charge on any atom is -0.504 e. The van der Waals surface area contributed by atoms with E-state index in [1.54, 1.807) is 0 Å². The van der Waals surface area contributed by atoms with Crippen LogP contribution in [0.3, 0.4) is 0 Å². The van der Waals surface area contributed by atoms with Crippen molar-refractivity contribution in [2.45, 2.75) is 0 Å². The van der Waals surface area contributed by atoms with Crippen LogP contribution in [0.15, 0.2) is 36.4 Å². The van der Waals surface area contributed by atoms with Crippen LogP contribution in [-0.4, -0.2) is 79.2 Å². The molecule has 0 amide bonds. The fourth-order valence-corrected chi connectivity index (χ4v) is 2.18. The summed E-state index contributed by atoms with van der Waals surface area (Å²) < 4.78 is 0. The number of aromatic carboxylic acids is 3. The molecule has 0 saturated heterocycles. The molecule has 16 heteroatoms. The molecule has 1 radical (unpaired) electrons. The van der Waals surface area contributed by atoms with E-state index in [0.717, 1.165) is 36.4 Å². The topological polar surface area (TPSA) is 294 Å². The van der Waals surface area contributed by atoms with E-state index in [1.807, 2.05) is 0 Å². The third-order valence-corrected chi connectivity index (χ3v) is 3.95. The number of carboxylic acid groups (broad SMARTS) is 3. The molecule has 0 aromatic heterocycles. The Bertz CT molecular complexity index is 1090. The van der Waals surface area contributed by atoms with Gasteiger partial charge in [0.15, 0.2) is 51.7 Å². The number of carboxylic acids is 3. The van der Waals surface area contributed by atoms with Gasteiger partial charge in [-0.15, -0.1) is 0 Å². The van der Waals surface area contributed by atoms with E-state index < -0.39 is 69.7 Å². The first-order chi connectivity index (χ1) is 16.6. The maximum absolute atomic E-state index is 10.3. The molecule has 0 fully saturated rings. The molecule has 0 aliphatic heterocycles. The van der Waals surface area contributed by atoms with E-state index in [-0.39, 0.29) is 52.3 Å². The van der Waals surface area contributed by atoms with Crippen molar-refractivity contribution in [1.29, 1.82) is 0 Å². The fraction of sp³-hybridized carbons (Fsp3) is 0. The smallest absolute Gasteiger partial charge is 0.335 e. The molecular formula is C21H18LaO15. The van der Waals surface area contributed by atoms with E-state index in [9.17, 15) is 14.4 Å². The van der Waals surface area contributed by atoms with E-state index >= 15 is 0 Å². The second-order valence-corrected chi connectivity index (χ2v) is 6.50. The number of phenols is 9. The average Bonchev–Trinajstić information content (AvgIpc) is 2.79. The predicted octanol–water partition coefficient (Wildman–Crippen LogP) is 1.50. The zero-order valence-electron chi connectivity index (χ0n) is 18.1. The summed E-state index contributed by atoms with van der Waals surface area (Å²) in [6, 6.07) is 5.07. The Morgan fingerprint density at radius 2 is 0.514 bits per heavy atom. The Labute approximate surface area is 233 Å². The molecule has 0 aliphatic carbocycles. The van der Waals surface area contributed by atoms with Crippen LogP contribution in [0.25, 0.3) is 0 Å². The summed E-state index contributed by atoms with van der Waals surface area (Å²) >= 11 is 0. The molecule has 0 aliphatic rings. The molecule has 15 nitrogen and oxygen atoms in total. The molecule has 0 heterocycles. The van der Waals surface area contributed by atoms with Crippen LogP contribution >= 0.6 is 0 Å². The molecule has 0 bridgehead atoms. The minimum atomic E-state index is -1.29. The van der Waals surface area contributed by atoms with Crippen molar-refractivity contribution in [2.75, 3.05) is 0 Å². The van der Waals surface area contributed by atoms with Crippen molar-refractivity contribution >= 4 is 17.9 Å². The van der Waals surface area contributed by atoms with Crippen LogP contribution in [0.1, 0.15) is 31.1 Å². The zero-order chi connectivity index (χ0) is 27.9. The Hall–Kier alpha value is -4.54. The SMILES string of the molecule is O=C(O)c1cc(O)c(O)c(O)c1.O=C(O)c1cc(O)c(O)c(O)c1.O=C(O)c1cc(O)c(O)c(O)c1.[La]. The van der Waals surface area contributed by atoms with Gasteiger partial charge in [-0.2, -0.15) is 0 Å². The summed E-state index contributed by atoms with van der Waals surface area (Å²) in [5.41, 5.74) is -0.867. The van der Waals surface area contributed by atoms with Crippen LogP contribution in [0.2, 0.25) is 0 Å². The molecule has 0 spiro atoms. The van der Waals surface area contributed by atoms with Gasteiger partial charge in [-0.1, -0.05) is 0 Å². The van der Waals surface area contributed by atoms with Crippen molar-refractivity contribution in [3.8, 4) is 51.7 Å². The summed E-state index contributed by atoms with van der Waals surface area (Å²) in [6.45, 7) is 0. The molecule has 37 heavy (non-hydrogen) atoms. The zero-order valence-corrected chi connectivity index (χ0v) is 21.8. The number of aromatic hydroxyl groups is 9. The molecule has 3 rings (SSSR count). The van der Waals surface area contributed by atoms with Gasteiger partial charge in [-0.05, 0) is 36.4 Å². The van der Waals surface area contributed by atoms with Gasteiger partial charge in [0.2, 0.25) is 0 Å². The summed E-state index contributed by atoms with van der Waals surface area (Å²) in [5.74, 6) is -10.00. The summed E-state index contributed by atoms with van der Waals surface area (Å²) in [7, 11) is 0. The van der Waals surface area contributed by atoms with Crippen LogP contribution in [0.5, 0.6) is 51.7 Å². The van der Waals surface area contributed by atoms with E-state index in [0.29, 0.717) is 0 Å². The maximum Gasteiger partial charge on any atom is 0.335 e. The van der Waals surface area contributed by atoms with Crippen molar-refractivity contribution < 1.29 is 111 Å². The van der Waals surface area contributed by atoms with Gasteiger partial charge in [-0.3, -0.25) is 0 Å². The first kappa shape index (κ1) is 32.5. The maximum atomic E-state index is 10.3. The van der Waals surface area contributed by atoms with Crippen LogP contribution < -0.4 is 0 Å². The Kier molecular flexibility index (Phi) is 11.9. The molecule has 3 aromatic rings. The van der Waals surface area contributed by atoms with Gasteiger partial charge in [0, 0.05) is 35.6 Å². The molecule has 0 atom stereocenters. The summed E-state index contributed by atoms with van der Waals surface area (Å²) in [4.78, 5) is 30.9. The first-order valence-electron chi connectivity index (χ1n) is 9.01. The Morgan fingerprint density at radius 1 is 0.378 bits per heavy atom. The fourth-order valence-electron chi connectivity index (χ4n) is 2.18. The van der Waals surface area contributed by atoms with Crippen LogP contribution in [0.4, 0.5) is 0 Å². The van der Waals surface area contributed by atoms with Crippen molar-refractivity contribution in [1.82, 2.24) is 0 Å². The van der Waals surface area contributed by atoms with Crippen LogP contribution in [-0.2, 0) is 0 Å². The largest absolute Gasteiger partial charge is 0.504 e. The van der Waals surface area contributed by atoms with Crippen molar-refractivity contribution in [3.05, 3.63) is 53.1 Å². The number of carbonyl (C=O) groups is 3. The van der Waals surface area contributed by atoms with E-state index in [4.69, 9.17) is 61.3 Å². The minimum absolute atomic E-state index is 0. The van der Waals surface area contributed by atoms with Gasteiger partial charge in [0.25, 0.3) is 0 Å². The average molecular weight is 649 g/mol. The molecule has 3 aromatic carbocycles. The Balaban J connectivity index is 0.000000518. The van der Waals surface area contributed by atoms with Gasteiger partial charge in [-0.25, -0.2) is 14.4 Å². The Morgan fingerprint density at radius 3 is 0.622 bits per heavy atom. The van der Waals surface area contributed by atoms with Crippen LogP contribution in [0, 0.1) is 35.6 Å². The quantitative estimate of drug-likeness (QED) is 0.179. The second-order valence-electron chi connectivity index (χ2n) is 6.50. The molecule has 12 N–H and O–H groups in total. The molecule has 0 unspecified atom stereocenters. The van der Waals surface area contributed by atoms with Gasteiger partial charge < -0.3 is 61.3 Å². The molecule has 195 valence electrons. The molecule has 0 saturated carbocycles. The van der Waals surface area contributed by atoms with E-state index in [2.05, 4.69) is 0 Å². The first-order valence-corrected chi connectivity index (χ1v) is 9.01. The number of phenolic OH excluding ortho intramolecular Hbond substituents is 9.